The third kappa shape index (κ3) is 2.42. The zero-order valence-electron chi connectivity index (χ0n) is 11.8. The standard InChI is InChI=1S/C17H12FN3O/c1-22-13-4-5-16-14(8-13)15(10-21-16)12(9-19)7-11-3-2-6-20-17(11)18/h2-8,10,21H,1H3. The molecule has 0 aliphatic carbocycles. The molecule has 1 N–H and O–H groups in total. The van der Waals surface area contributed by atoms with E-state index in [1.807, 2.05) is 18.2 Å². The van der Waals surface area contributed by atoms with Crippen molar-refractivity contribution < 1.29 is 9.13 Å². The van der Waals surface area contributed by atoms with Crippen LogP contribution in [0.5, 0.6) is 5.75 Å². The molecular weight excluding hydrogens is 281 g/mol. The largest absolute Gasteiger partial charge is 0.497 e. The van der Waals surface area contributed by atoms with Gasteiger partial charge in [0.05, 0.1) is 18.8 Å². The lowest BCUT2D eigenvalue weighted by Gasteiger charge is -2.02. The van der Waals surface area contributed by atoms with E-state index in [9.17, 15) is 9.65 Å². The van der Waals surface area contributed by atoms with Crippen molar-refractivity contribution in [3.8, 4) is 11.8 Å². The topological polar surface area (TPSA) is 61.7 Å². The molecule has 2 aromatic heterocycles. The number of halogens is 1. The van der Waals surface area contributed by atoms with Crippen LogP contribution in [0.25, 0.3) is 22.6 Å². The summed E-state index contributed by atoms with van der Waals surface area (Å²) < 4.78 is 18.9. The summed E-state index contributed by atoms with van der Waals surface area (Å²) in [5.41, 5.74) is 2.20. The summed E-state index contributed by atoms with van der Waals surface area (Å²) in [6, 6.07) is 10.9. The fourth-order valence-corrected chi connectivity index (χ4v) is 2.28. The lowest BCUT2D eigenvalue weighted by Crippen LogP contribution is -1.88. The average molecular weight is 293 g/mol. The Labute approximate surface area is 126 Å². The van der Waals surface area contributed by atoms with Gasteiger partial charge in [0.1, 0.15) is 5.75 Å². The van der Waals surface area contributed by atoms with Gasteiger partial charge in [-0.25, -0.2) is 4.98 Å². The number of allylic oxidation sites excluding steroid dienone is 1. The van der Waals surface area contributed by atoms with Crippen molar-refractivity contribution in [1.29, 1.82) is 5.26 Å². The first-order chi connectivity index (χ1) is 10.7. The molecule has 108 valence electrons. The van der Waals surface area contributed by atoms with Gasteiger partial charge in [0, 0.05) is 34.4 Å². The first-order valence-corrected chi connectivity index (χ1v) is 6.60. The summed E-state index contributed by atoms with van der Waals surface area (Å²) in [5.74, 6) is 0.0888. The minimum Gasteiger partial charge on any atom is -0.497 e. The molecule has 5 heteroatoms. The Hall–Kier alpha value is -3.13. The van der Waals surface area contributed by atoms with Gasteiger partial charge in [-0.2, -0.15) is 9.65 Å². The van der Waals surface area contributed by atoms with Crippen LogP contribution < -0.4 is 4.74 Å². The highest BCUT2D eigenvalue weighted by Gasteiger charge is 2.11. The van der Waals surface area contributed by atoms with E-state index in [4.69, 9.17) is 4.74 Å². The van der Waals surface area contributed by atoms with Crippen LogP contribution in [0.15, 0.2) is 42.7 Å². The quantitative estimate of drug-likeness (QED) is 0.590. The number of ether oxygens (including phenoxy) is 1. The second-order valence-electron chi connectivity index (χ2n) is 4.67. The molecule has 22 heavy (non-hydrogen) atoms. The molecule has 1 aromatic carbocycles. The molecule has 0 unspecified atom stereocenters. The van der Waals surface area contributed by atoms with E-state index in [2.05, 4.69) is 16.0 Å². The summed E-state index contributed by atoms with van der Waals surface area (Å²) in [6.07, 6.45) is 4.59. The molecule has 3 rings (SSSR count). The summed E-state index contributed by atoms with van der Waals surface area (Å²) >= 11 is 0. The van der Waals surface area contributed by atoms with E-state index < -0.39 is 5.95 Å². The number of methoxy groups -OCH3 is 1. The number of H-pyrrole nitrogens is 1. The molecule has 0 fully saturated rings. The summed E-state index contributed by atoms with van der Waals surface area (Å²) in [6.45, 7) is 0. The van der Waals surface area contributed by atoms with Crippen molar-refractivity contribution in [2.24, 2.45) is 0 Å². The van der Waals surface area contributed by atoms with Crippen LogP contribution in [0.4, 0.5) is 4.39 Å². The van der Waals surface area contributed by atoms with Gasteiger partial charge in [-0.15, -0.1) is 0 Å². The second kappa shape index (κ2) is 5.70. The lowest BCUT2D eigenvalue weighted by molar-refractivity contribution is 0.415. The maximum Gasteiger partial charge on any atom is 0.220 e. The summed E-state index contributed by atoms with van der Waals surface area (Å²) in [5, 5.41) is 10.3. The van der Waals surface area contributed by atoms with Gasteiger partial charge in [-0.3, -0.25) is 0 Å². The average Bonchev–Trinajstić information content (AvgIpc) is 2.97. The highest BCUT2D eigenvalue weighted by atomic mass is 19.1. The molecule has 0 spiro atoms. The maximum atomic E-state index is 13.7. The van der Waals surface area contributed by atoms with Crippen LogP contribution >= 0.6 is 0 Å². The number of hydrogen-bond acceptors (Lipinski definition) is 3. The third-order valence-corrected chi connectivity index (χ3v) is 3.39. The number of aromatic amines is 1. The maximum absolute atomic E-state index is 13.7. The van der Waals surface area contributed by atoms with Crippen LogP contribution in [0.3, 0.4) is 0 Å². The van der Waals surface area contributed by atoms with Crippen LogP contribution in [0, 0.1) is 17.3 Å². The van der Waals surface area contributed by atoms with E-state index in [0.29, 0.717) is 16.9 Å². The normalized spacial score (nSPS) is 11.4. The Morgan fingerprint density at radius 3 is 3.00 bits per heavy atom. The lowest BCUT2D eigenvalue weighted by atomic mass is 10.0. The Morgan fingerprint density at radius 1 is 1.41 bits per heavy atom. The van der Waals surface area contributed by atoms with Gasteiger partial charge in [0.15, 0.2) is 0 Å². The molecule has 0 saturated carbocycles. The number of nitrogens with one attached hydrogen (secondary N) is 1. The minimum atomic E-state index is -0.604. The van der Waals surface area contributed by atoms with Crippen molar-refractivity contribution in [3.05, 3.63) is 59.8 Å². The van der Waals surface area contributed by atoms with Crippen LogP contribution in [0.1, 0.15) is 11.1 Å². The Balaban J connectivity index is 2.16. The minimum absolute atomic E-state index is 0.274. The SMILES string of the molecule is COc1ccc2[nH]cc(C(C#N)=Cc3cccnc3F)c2c1. The van der Waals surface area contributed by atoms with Crippen molar-refractivity contribution in [1.82, 2.24) is 9.97 Å². The fourth-order valence-electron chi connectivity index (χ4n) is 2.28. The monoisotopic (exact) mass is 293 g/mol. The van der Waals surface area contributed by atoms with E-state index in [1.54, 1.807) is 25.4 Å². The van der Waals surface area contributed by atoms with Crippen molar-refractivity contribution >= 4 is 22.6 Å². The predicted octanol–water partition coefficient (Wildman–Crippen LogP) is 3.77. The van der Waals surface area contributed by atoms with Gasteiger partial charge in [-0.1, -0.05) is 0 Å². The number of hydrogen-bond donors (Lipinski definition) is 1. The molecule has 0 amide bonds. The Bertz CT molecular complexity index is 906. The van der Waals surface area contributed by atoms with Gasteiger partial charge in [0.25, 0.3) is 0 Å². The number of benzene rings is 1. The van der Waals surface area contributed by atoms with Crippen LogP contribution in [0.2, 0.25) is 0 Å². The Kier molecular flexibility index (Phi) is 3.58. The third-order valence-electron chi connectivity index (χ3n) is 3.39. The molecule has 3 aromatic rings. The van der Waals surface area contributed by atoms with Crippen molar-refractivity contribution in [2.45, 2.75) is 0 Å². The summed E-state index contributed by atoms with van der Waals surface area (Å²) in [4.78, 5) is 6.69. The van der Waals surface area contributed by atoms with Gasteiger partial charge in [0.2, 0.25) is 5.95 Å². The molecule has 0 radical (unpaired) electrons. The smallest absolute Gasteiger partial charge is 0.220 e. The first-order valence-electron chi connectivity index (χ1n) is 6.60. The zero-order chi connectivity index (χ0) is 15.5. The zero-order valence-corrected chi connectivity index (χ0v) is 11.8. The van der Waals surface area contributed by atoms with Gasteiger partial charge < -0.3 is 9.72 Å². The number of nitrogens with zero attached hydrogens (tertiary/aromatic N) is 2. The van der Waals surface area contributed by atoms with Crippen LogP contribution in [-0.2, 0) is 0 Å². The van der Waals surface area contributed by atoms with Gasteiger partial charge in [-0.05, 0) is 36.4 Å². The molecule has 0 aliphatic heterocycles. The van der Waals surface area contributed by atoms with E-state index >= 15 is 0 Å². The van der Waals surface area contributed by atoms with E-state index in [1.165, 1.54) is 12.3 Å². The second-order valence-corrected chi connectivity index (χ2v) is 4.67. The molecule has 2 heterocycles. The highest BCUT2D eigenvalue weighted by Crippen LogP contribution is 2.29. The number of rotatable bonds is 3. The number of pyridine rings is 1. The Morgan fingerprint density at radius 2 is 2.27 bits per heavy atom. The summed E-state index contributed by atoms with van der Waals surface area (Å²) in [7, 11) is 1.58. The molecular formula is C17H12FN3O. The molecule has 0 atom stereocenters. The number of fused-ring (bicyclic) bond motifs is 1. The molecule has 0 saturated heterocycles. The van der Waals surface area contributed by atoms with E-state index in [-0.39, 0.29) is 5.56 Å². The molecule has 4 nitrogen and oxygen atoms in total. The van der Waals surface area contributed by atoms with Gasteiger partial charge >= 0.3 is 0 Å². The van der Waals surface area contributed by atoms with Crippen LogP contribution in [-0.4, -0.2) is 17.1 Å². The molecule has 0 aliphatic rings. The first kappa shape index (κ1) is 13.8. The fraction of sp³-hybridized carbons (Fsp3) is 0.0588. The highest BCUT2D eigenvalue weighted by molar-refractivity contribution is 6.01. The number of aromatic nitrogens is 2. The van der Waals surface area contributed by atoms with E-state index in [0.717, 1.165) is 10.9 Å². The van der Waals surface area contributed by atoms with Crippen molar-refractivity contribution in [2.75, 3.05) is 7.11 Å². The predicted molar refractivity (Wildman–Crippen MR) is 82.5 cm³/mol. The van der Waals surface area contributed by atoms with Crippen molar-refractivity contribution in [3.63, 3.8) is 0 Å². The number of nitriles is 1. The molecule has 0 bridgehead atoms.